The zero-order valence-electron chi connectivity index (χ0n) is 8.47. The number of carboxylic acids is 1. The Kier molecular flexibility index (Phi) is 3.05. The molecule has 1 heterocycles. The van der Waals surface area contributed by atoms with Gasteiger partial charge >= 0.3 is 5.97 Å². The van der Waals surface area contributed by atoms with Crippen LogP contribution < -0.4 is 5.32 Å². The third kappa shape index (κ3) is 2.93. The quantitative estimate of drug-likeness (QED) is 0.784. The summed E-state index contributed by atoms with van der Waals surface area (Å²) in [7, 11) is 0. The van der Waals surface area contributed by atoms with E-state index in [0.717, 1.165) is 23.8 Å². The topological polar surface area (TPSA) is 66.4 Å². The van der Waals surface area contributed by atoms with Crippen molar-refractivity contribution in [3.63, 3.8) is 0 Å². The Bertz CT molecular complexity index is 446. The fourth-order valence-corrected chi connectivity index (χ4v) is 1.99. The highest BCUT2D eigenvalue weighted by atomic mass is 32.1. The van der Waals surface area contributed by atoms with Gasteiger partial charge in [0.2, 0.25) is 0 Å². The van der Waals surface area contributed by atoms with Crippen molar-refractivity contribution in [2.24, 2.45) is 0 Å². The Morgan fingerprint density at radius 1 is 1.50 bits per heavy atom. The van der Waals surface area contributed by atoms with Gasteiger partial charge in [0.05, 0.1) is 5.56 Å². The van der Waals surface area contributed by atoms with Gasteiger partial charge in [-0.25, -0.2) is 4.79 Å². The van der Waals surface area contributed by atoms with E-state index in [1.54, 1.807) is 11.4 Å². The molecular weight excluding hydrogens is 226 g/mol. The summed E-state index contributed by atoms with van der Waals surface area (Å²) in [4.78, 5) is 22.7. The Morgan fingerprint density at radius 3 is 2.88 bits per heavy atom. The summed E-state index contributed by atoms with van der Waals surface area (Å²) < 4.78 is 0. The molecule has 2 rings (SSSR count). The minimum atomic E-state index is -0.989. The molecule has 4 nitrogen and oxygen atoms in total. The number of hydrogen-bond acceptors (Lipinski definition) is 3. The fourth-order valence-electron chi connectivity index (χ4n) is 1.21. The maximum absolute atomic E-state index is 11.6. The van der Waals surface area contributed by atoms with E-state index >= 15 is 0 Å². The molecule has 5 heteroatoms. The number of carbonyl (C=O) groups is 2. The second-order valence-corrected chi connectivity index (χ2v) is 4.60. The molecule has 1 aromatic heterocycles. The summed E-state index contributed by atoms with van der Waals surface area (Å²) in [5.41, 5.74) is 0.599. The maximum Gasteiger partial charge on any atom is 0.328 e. The van der Waals surface area contributed by atoms with Gasteiger partial charge in [0, 0.05) is 22.4 Å². The van der Waals surface area contributed by atoms with Crippen LogP contribution >= 0.6 is 11.3 Å². The lowest BCUT2D eigenvalue weighted by atomic mass is 10.3. The van der Waals surface area contributed by atoms with Gasteiger partial charge in [-0.05, 0) is 25.0 Å². The Morgan fingerprint density at radius 2 is 2.25 bits per heavy atom. The Labute approximate surface area is 96.6 Å². The summed E-state index contributed by atoms with van der Waals surface area (Å²) in [5.74, 6) is -1.06. The molecule has 16 heavy (non-hydrogen) atoms. The molecule has 2 N–H and O–H groups in total. The van der Waals surface area contributed by atoms with Gasteiger partial charge in [0.15, 0.2) is 0 Å². The molecule has 0 saturated heterocycles. The second-order valence-electron chi connectivity index (χ2n) is 3.66. The van der Waals surface area contributed by atoms with Gasteiger partial charge in [-0.3, -0.25) is 4.79 Å². The van der Waals surface area contributed by atoms with Crippen molar-refractivity contribution in [2.75, 3.05) is 0 Å². The molecule has 0 radical (unpaired) electrons. The van der Waals surface area contributed by atoms with Crippen molar-refractivity contribution in [1.29, 1.82) is 0 Å². The highest BCUT2D eigenvalue weighted by molar-refractivity contribution is 7.11. The van der Waals surface area contributed by atoms with Crippen molar-refractivity contribution in [3.8, 4) is 0 Å². The van der Waals surface area contributed by atoms with Gasteiger partial charge in [-0.15, -0.1) is 11.3 Å². The number of thiophene rings is 1. The van der Waals surface area contributed by atoms with Crippen LogP contribution in [-0.4, -0.2) is 23.0 Å². The molecule has 0 spiro atoms. The van der Waals surface area contributed by atoms with Crippen LogP contribution in [0.1, 0.15) is 28.1 Å². The standard InChI is InChI=1S/C11H11NO3S/c13-10(14)4-3-9-5-7(6-16-9)11(15)12-8-1-2-8/h3-6,8H,1-2H2,(H,12,15)(H,13,14). The number of carbonyl (C=O) groups excluding carboxylic acids is 1. The summed E-state index contributed by atoms with van der Waals surface area (Å²) in [6.45, 7) is 0. The lowest BCUT2D eigenvalue weighted by Crippen LogP contribution is -2.24. The molecule has 0 atom stereocenters. The van der Waals surface area contributed by atoms with Crippen molar-refractivity contribution in [1.82, 2.24) is 5.32 Å². The maximum atomic E-state index is 11.6. The molecule has 0 unspecified atom stereocenters. The Balaban J connectivity index is 2.00. The third-order valence-electron chi connectivity index (χ3n) is 2.18. The molecule has 0 aromatic carbocycles. The lowest BCUT2D eigenvalue weighted by molar-refractivity contribution is -0.131. The van der Waals surface area contributed by atoms with E-state index in [2.05, 4.69) is 5.32 Å². The predicted molar refractivity (Wildman–Crippen MR) is 61.5 cm³/mol. The van der Waals surface area contributed by atoms with E-state index in [0.29, 0.717) is 11.6 Å². The van der Waals surface area contributed by atoms with E-state index in [1.807, 2.05) is 0 Å². The summed E-state index contributed by atoms with van der Waals surface area (Å²) in [6.07, 6.45) is 4.67. The van der Waals surface area contributed by atoms with Gasteiger partial charge in [0.1, 0.15) is 0 Å². The van der Waals surface area contributed by atoms with Gasteiger partial charge in [-0.2, -0.15) is 0 Å². The zero-order valence-corrected chi connectivity index (χ0v) is 9.29. The molecule has 0 aliphatic heterocycles. The minimum Gasteiger partial charge on any atom is -0.478 e. The number of amides is 1. The summed E-state index contributed by atoms with van der Waals surface area (Å²) >= 11 is 1.36. The molecule has 84 valence electrons. The second kappa shape index (κ2) is 4.49. The van der Waals surface area contributed by atoms with E-state index in [4.69, 9.17) is 5.11 Å². The average molecular weight is 237 g/mol. The number of aliphatic carboxylic acids is 1. The van der Waals surface area contributed by atoms with E-state index < -0.39 is 5.97 Å². The molecular formula is C11H11NO3S. The summed E-state index contributed by atoms with van der Waals surface area (Å²) in [6, 6.07) is 2.03. The fraction of sp³-hybridized carbons (Fsp3) is 0.273. The summed E-state index contributed by atoms with van der Waals surface area (Å²) in [5, 5.41) is 13.1. The lowest BCUT2D eigenvalue weighted by Gasteiger charge is -1.98. The van der Waals surface area contributed by atoms with Crippen LogP contribution in [0, 0.1) is 0 Å². The van der Waals surface area contributed by atoms with E-state index in [1.165, 1.54) is 17.4 Å². The van der Waals surface area contributed by atoms with Crippen LogP contribution in [0.4, 0.5) is 0 Å². The first-order valence-electron chi connectivity index (χ1n) is 4.95. The molecule has 1 aliphatic rings. The van der Waals surface area contributed by atoms with Crippen LogP contribution in [0.25, 0.3) is 6.08 Å². The molecule has 0 bridgehead atoms. The minimum absolute atomic E-state index is 0.0753. The highest BCUT2D eigenvalue weighted by Crippen LogP contribution is 2.21. The third-order valence-corrected chi connectivity index (χ3v) is 3.08. The predicted octanol–water partition coefficient (Wildman–Crippen LogP) is 1.74. The number of rotatable bonds is 4. The molecule has 1 amide bonds. The zero-order chi connectivity index (χ0) is 11.5. The number of hydrogen-bond donors (Lipinski definition) is 2. The van der Waals surface area contributed by atoms with Crippen LogP contribution in [0.2, 0.25) is 0 Å². The van der Waals surface area contributed by atoms with Crippen molar-refractivity contribution in [2.45, 2.75) is 18.9 Å². The van der Waals surface area contributed by atoms with Gasteiger partial charge in [0.25, 0.3) is 5.91 Å². The largest absolute Gasteiger partial charge is 0.478 e. The molecule has 1 fully saturated rings. The first kappa shape index (κ1) is 10.9. The SMILES string of the molecule is O=C(O)C=Cc1cc(C(=O)NC2CC2)cs1. The highest BCUT2D eigenvalue weighted by Gasteiger charge is 2.23. The monoisotopic (exact) mass is 237 g/mol. The molecule has 1 saturated carbocycles. The van der Waals surface area contributed by atoms with E-state index in [9.17, 15) is 9.59 Å². The van der Waals surface area contributed by atoms with Crippen molar-refractivity contribution < 1.29 is 14.7 Å². The normalized spacial score (nSPS) is 15.2. The first-order chi connectivity index (χ1) is 7.65. The average Bonchev–Trinajstić information content (AvgIpc) is 2.92. The Hall–Kier alpha value is -1.62. The van der Waals surface area contributed by atoms with Crippen molar-refractivity contribution >= 4 is 29.3 Å². The van der Waals surface area contributed by atoms with Crippen LogP contribution in [-0.2, 0) is 4.79 Å². The molecule has 1 aromatic rings. The van der Waals surface area contributed by atoms with Gasteiger partial charge in [-0.1, -0.05) is 0 Å². The van der Waals surface area contributed by atoms with Crippen LogP contribution in [0.5, 0.6) is 0 Å². The van der Waals surface area contributed by atoms with Crippen LogP contribution in [0.15, 0.2) is 17.5 Å². The van der Waals surface area contributed by atoms with Crippen LogP contribution in [0.3, 0.4) is 0 Å². The first-order valence-corrected chi connectivity index (χ1v) is 5.83. The van der Waals surface area contributed by atoms with E-state index in [-0.39, 0.29) is 5.91 Å². The van der Waals surface area contributed by atoms with Gasteiger partial charge < -0.3 is 10.4 Å². The number of carboxylic acid groups (broad SMARTS) is 1. The smallest absolute Gasteiger partial charge is 0.328 e. The van der Waals surface area contributed by atoms with Crippen molar-refractivity contribution in [3.05, 3.63) is 28.0 Å². The number of nitrogens with one attached hydrogen (secondary N) is 1. The molecule has 1 aliphatic carbocycles.